The Morgan fingerprint density at radius 3 is 2.46 bits per heavy atom. The standard InChI is InChI=1S/C20H23FN4O3/c1-15-2-3-16(14-19(15)25(27)28)20(26)22-8-9-23-10-12-24(13-11-23)18-6-4-17(21)5-7-18/h2-7,14H,8-13H2,1H3,(H,22,26). The molecular formula is C20H23FN4O3. The predicted octanol–water partition coefficient (Wildman–Crippen LogP) is 2.59. The van der Waals surface area contributed by atoms with Gasteiger partial charge in [-0.15, -0.1) is 0 Å². The Balaban J connectivity index is 1.44. The number of hydrogen-bond donors (Lipinski definition) is 1. The van der Waals surface area contributed by atoms with Gasteiger partial charge in [-0.3, -0.25) is 19.8 Å². The van der Waals surface area contributed by atoms with Gasteiger partial charge in [0.1, 0.15) is 5.82 Å². The number of benzene rings is 2. The van der Waals surface area contributed by atoms with E-state index in [1.165, 1.54) is 18.2 Å². The summed E-state index contributed by atoms with van der Waals surface area (Å²) in [6.45, 7) is 6.19. The quantitative estimate of drug-likeness (QED) is 0.610. The summed E-state index contributed by atoms with van der Waals surface area (Å²) in [4.78, 5) is 27.2. The number of anilines is 1. The number of rotatable bonds is 6. The Kier molecular flexibility index (Phi) is 6.20. The van der Waals surface area contributed by atoms with Gasteiger partial charge in [0.25, 0.3) is 11.6 Å². The van der Waals surface area contributed by atoms with Gasteiger partial charge in [0.15, 0.2) is 0 Å². The molecule has 1 heterocycles. The van der Waals surface area contributed by atoms with Crippen LogP contribution in [0.15, 0.2) is 42.5 Å². The first kappa shape index (κ1) is 19.8. The predicted molar refractivity (Wildman–Crippen MR) is 105 cm³/mol. The van der Waals surface area contributed by atoms with Crippen molar-refractivity contribution in [3.63, 3.8) is 0 Å². The van der Waals surface area contributed by atoms with Crippen LogP contribution < -0.4 is 10.2 Å². The Bertz CT molecular complexity index is 849. The van der Waals surface area contributed by atoms with E-state index in [2.05, 4.69) is 15.1 Å². The van der Waals surface area contributed by atoms with Crippen LogP contribution in [0.1, 0.15) is 15.9 Å². The van der Waals surface area contributed by atoms with Gasteiger partial charge in [-0.1, -0.05) is 6.07 Å². The summed E-state index contributed by atoms with van der Waals surface area (Å²) in [7, 11) is 0. The smallest absolute Gasteiger partial charge is 0.273 e. The van der Waals surface area contributed by atoms with Gasteiger partial charge in [-0.2, -0.15) is 0 Å². The van der Waals surface area contributed by atoms with Crippen LogP contribution in [-0.4, -0.2) is 55.0 Å². The molecule has 7 nitrogen and oxygen atoms in total. The average Bonchev–Trinajstić information content (AvgIpc) is 2.69. The lowest BCUT2D eigenvalue weighted by molar-refractivity contribution is -0.385. The van der Waals surface area contributed by atoms with E-state index in [4.69, 9.17) is 0 Å². The zero-order valence-corrected chi connectivity index (χ0v) is 15.7. The largest absolute Gasteiger partial charge is 0.369 e. The summed E-state index contributed by atoms with van der Waals surface area (Å²) in [6.07, 6.45) is 0. The Labute approximate surface area is 162 Å². The highest BCUT2D eigenvalue weighted by Gasteiger charge is 2.18. The molecule has 0 saturated carbocycles. The third-order valence-electron chi connectivity index (χ3n) is 4.95. The van der Waals surface area contributed by atoms with Crippen molar-refractivity contribution in [2.45, 2.75) is 6.92 Å². The van der Waals surface area contributed by atoms with E-state index in [0.717, 1.165) is 31.9 Å². The zero-order valence-electron chi connectivity index (χ0n) is 15.7. The molecule has 148 valence electrons. The highest BCUT2D eigenvalue weighted by molar-refractivity contribution is 5.94. The average molecular weight is 386 g/mol. The van der Waals surface area contributed by atoms with E-state index in [1.807, 2.05) is 0 Å². The molecule has 1 aliphatic heterocycles. The fourth-order valence-corrected chi connectivity index (χ4v) is 3.26. The van der Waals surface area contributed by atoms with Gasteiger partial charge in [-0.05, 0) is 37.3 Å². The normalized spacial score (nSPS) is 14.7. The van der Waals surface area contributed by atoms with Gasteiger partial charge in [0.2, 0.25) is 0 Å². The van der Waals surface area contributed by atoms with Crippen LogP contribution in [0.5, 0.6) is 0 Å². The number of amides is 1. The number of aryl methyl sites for hydroxylation is 1. The molecule has 3 rings (SSSR count). The minimum absolute atomic E-state index is 0.0513. The van der Waals surface area contributed by atoms with E-state index < -0.39 is 4.92 Å². The van der Waals surface area contributed by atoms with Crippen LogP contribution in [0.4, 0.5) is 15.8 Å². The van der Waals surface area contributed by atoms with Crippen molar-refractivity contribution in [2.24, 2.45) is 0 Å². The second kappa shape index (κ2) is 8.79. The van der Waals surface area contributed by atoms with Gasteiger partial charge in [-0.25, -0.2) is 4.39 Å². The molecular weight excluding hydrogens is 363 g/mol. The molecule has 0 aromatic heterocycles. The SMILES string of the molecule is Cc1ccc(C(=O)NCCN2CCN(c3ccc(F)cc3)CC2)cc1[N+](=O)[O-]. The van der Waals surface area contributed by atoms with Crippen LogP contribution in [-0.2, 0) is 0 Å². The van der Waals surface area contributed by atoms with Gasteiger partial charge < -0.3 is 10.2 Å². The number of carbonyl (C=O) groups excluding carboxylic acids is 1. The first-order valence-electron chi connectivity index (χ1n) is 9.20. The molecule has 0 radical (unpaired) electrons. The second-order valence-electron chi connectivity index (χ2n) is 6.82. The fraction of sp³-hybridized carbons (Fsp3) is 0.350. The van der Waals surface area contributed by atoms with Crippen LogP contribution in [0.25, 0.3) is 0 Å². The maximum absolute atomic E-state index is 13.0. The van der Waals surface area contributed by atoms with Crippen LogP contribution in [0.2, 0.25) is 0 Å². The summed E-state index contributed by atoms with van der Waals surface area (Å²) in [5.41, 5.74) is 1.78. The molecule has 0 unspecified atom stereocenters. The lowest BCUT2D eigenvalue weighted by atomic mass is 10.1. The van der Waals surface area contributed by atoms with Crippen LogP contribution in [0, 0.1) is 22.9 Å². The minimum Gasteiger partial charge on any atom is -0.369 e. The molecule has 1 amide bonds. The number of halogens is 1. The highest BCUT2D eigenvalue weighted by atomic mass is 19.1. The molecule has 2 aromatic carbocycles. The summed E-state index contributed by atoms with van der Waals surface area (Å²) < 4.78 is 13.0. The first-order valence-corrected chi connectivity index (χ1v) is 9.20. The van der Waals surface area contributed by atoms with Crippen molar-refractivity contribution < 1.29 is 14.1 Å². The summed E-state index contributed by atoms with van der Waals surface area (Å²) in [5.74, 6) is -0.551. The van der Waals surface area contributed by atoms with Crippen LogP contribution >= 0.6 is 0 Å². The number of carbonyl (C=O) groups is 1. The highest BCUT2D eigenvalue weighted by Crippen LogP contribution is 2.19. The van der Waals surface area contributed by atoms with Gasteiger partial charge in [0, 0.05) is 62.1 Å². The lowest BCUT2D eigenvalue weighted by Crippen LogP contribution is -2.48. The molecule has 28 heavy (non-hydrogen) atoms. The van der Waals surface area contributed by atoms with Crippen molar-refractivity contribution in [2.75, 3.05) is 44.2 Å². The minimum atomic E-state index is -0.479. The number of nitro groups is 1. The van der Waals surface area contributed by atoms with Gasteiger partial charge in [0.05, 0.1) is 4.92 Å². The number of nitro benzene ring substituents is 1. The van der Waals surface area contributed by atoms with E-state index in [9.17, 15) is 19.3 Å². The third kappa shape index (κ3) is 4.83. The first-order chi connectivity index (χ1) is 13.4. The van der Waals surface area contributed by atoms with Crippen LogP contribution in [0.3, 0.4) is 0 Å². The Morgan fingerprint density at radius 2 is 1.82 bits per heavy atom. The van der Waals surface area contributed by atoms with Gasteiger partial charge >= 0.3 is 0 Å². The monoisotopic (exact) mass is 386 g/mol. The van der Waals surface area contributed by atoms with Crippen molar-refractivity contribution in [1.29, 1.82) is 0 Å². The molecule has 1 aliphatic rings. The summed E-state index contributed by atoms with van der Waals surface area (Å²) in [6, 6.07) is 11.0. The molecule has 1 N–H and O–H groups in total. The van der Waals surface area contributed by atoms with E-state index in [0.29, 0.717) is 24.2 Å². The fourth-order valence-electron chi connectivity index (χ4n) is 3.26. The van der Waals surface area contributed by atoms with E-state index in [-0.39, 0.29) is 17.4 Å². The Morgan fingerprint density at radius 1 is 1.14 bits per heavy atom. The van der Waals surface area contributed by atoms with E-state index in [1.54, 1.807) is 31.2 Å². The third-order valence-corrected chi connectivity index (χ3v) is 4.95. The zero-order chi connectivity index (χ0) is 20.1. The van der Waals surface area contributed by atoms with Crippen molar-refractivity contribution in [3.05, 3.63) is 69.5 Å². The second-order valence-corrected chi connectivity index (χ2v) is 6.82. The number of hydrogen-bond acceptors (Lipinski definition) is 5. The Hall–Kier alpha value is -3.00. The molecule has 0 bridgehead atoms. The molecule has 0 spiro atoms. The van der Waals surface area contributed by atoms with E-state index >= 15 is 0 Å². The molecule has 0 atom stereocenters. The summed E-state index contributed by atoms with van der Waals surface area (Å²) in [5, 5.41) is 13.8. The maximum Gasteiger partial charge on any atom is 0.273 e. The number of nitrogens with zero attached hydrogens (tertiary/aromatic N) is 3. The van der Waals surface area contributed by atoms with Crippen molar-refractivity contribution >= 4 is 17.3 Å². The topological polar surface area (TPSA) is 78.7 Å². The maximum atomic E-state index is 13.0. The van der Waals surface area contributed by atoms with Crippen molar-refractivity contribution in [1.82, 2.24) is 10.2 Å². The molecule has 8 heteroatoms. The number of piperazine rings is 1. The molecule has 1 saturated heterocycles. The van der Waals surface area contributed by atoms with Crippen molar-refractivity contribution in [3.8, 4) is 0 Å². The lowest BCUT2D eigenvalue weighted by Gasteiger charge is -2.36. The molecule has 1 fully saturated rings. The molecule has 2 aromatic rings. The molecule has 0 aliphatic carbocycles. The summed E-state index contributed by atoms with van der Waals surface area (Å²) >= 11 is 0. The number of nitrogens with one attached hydrogen (secondary N) is 1.